The summed E-state index contributed by atoms with van der Waals surface area (Å²) in [4.78, 5) is 12.3. The lowest BCUT2D eigenvalue weighted by Crippen LogP contribution is -2.53. The Morgan fingerprint density at radius 3 is 2.67 bits per heavy atom. The van der Waals surface area contributed by atoms with Gasteiger partial charge in [-0.25, -0.2) is 0 Å². The van der Waals surface area contributed by atoms with E-state index in [0.717, 1.165) is 25.1 Å². The van der Waals surface area contributed by atoms with Crippen LogP contribution in [-0.2, 0) is 4.79 Å². The number of carbonyl (C=O) groups is 1. The topological polar surface area (TPSA) is 41.1 Å². The zero-order valence-corrected chi connectivity index (χ0v) is 11.6. The van der Waals surface area contributed by atoms with Gasteiger partial charge < -0.3 is 10.6 Å². The fourth-order valence-corrected chi connectivity index (χ4v) is 2.53. The number of anilines is 1. The Hall–Kier alpha value is -1.06. The molecule has 1 atom stereocenters. The van der Waals surface area contributed by atoms with E-state index in [4.69, 9.17) is 11.6 Å². The number of hydrogen-bond acceptors (Lipinski definition) is 2. The van der Waals surface area contributed by atoms with Crippen LogP contribution in [0.25, 0.3) is 0 Å². The molecule has 1 aromatic carbocycles. The summed E-state index contributed by atoms with van der Waals surface area (Å²) < 4.78 is 0. The average molecular weight is 267 g/mol. The van der Waals surface area contributed by atoms with E-state index in [1.54, 1.807) is 12.1 Å². The van der Waals surface area contributed by atoms with Crippen LogP contribution in [0.15, 0.2) is 24.3 Å². The quantitative estimate of drug-likeness (QED) is 0.864. The van der Waals surface area contributed by atoms with Crippen LogP contribution in [0.1, 0.15) is 26.7 Å². The molecule has 1 aliphatic rings. The Morgan fingerprint density at radius 1 is 1.39 bits per heavy atom. The summed E-state index contributed by atoms with van der Waals surface area (Å²) in [6.45, 7) is 5.17. The highest BCUT2D eigenvalue weighted by Gasteiger charge is 2.36. The van der Waals surface area contributed by atoms with Crippen molar-refractivity contribution in [1.82, 2.24) is 5.32 Å². The van der Waals surface area contributed by atoms with Crippen LogP contribution in [-0.4, -0.2) is 18.5 Å². The second-order valence-corrected chi connectivity index (χ2v) is 5.91. The second kappa shape index (κ2) is 5.29. The maximum Gasteiger partial charge on any atom is 0.242 e. The summed E-state index contributed by atoms with van der Waals surface area (Å²) in [7, 11) is 0. The highest BCUT2D eigenvalue weighted by Crippen LogP contribution is 2.30. The summed E-state index contributed by atoms with van der Waals surface area (Å²) in [5, 5.41) is 6.91. The molecule has 0 spiro atoms. The highest BCUT2D eigenvalue weighted by atomic mass is 35.5. The van der Waals surface area contributed by atoms with Crippen molar-refractivity contribution in [2.45, 2.75) is 32.7 Å². The summed E-state index contributed by atoms with van der Waals surface area (Å²) >= 11 is 5.82. The van der Waals surface area contributed by atoms with E-state index in [1.807, 2.05) is 12.1 Å². The minimum Gasteiger partial charge on any atom is -0.325 e. The van der Waals surface area contributed by atoms with Crippen molar-refractivity contribution in [1.29, 1.82) is 0 Å². The molecule has 18 heavy (non-hydrogen) atoms. The molecule has 0 saturated carbocycles. The van der Waals surface area contributed by atoms with E-state index in [0.29, 0.717) is 5.02 Å². The molecule has 0 aliphatic carbocycles. The minimum atomic E-state index is -0.137. The van der Waals surface area contributed by atoms with Crippen molar-refractivity contribution in [2.24, 2.45) is 5.41 Å². The molecule has 1 aliphatic heterocycles. The van der Waals surface area contributed by atoms with Crippen LogP contribution >= 0.6 is 11.6 Å². The lowest BCUT2D eigenvalue weighted by atomic mass is 9.77. The number of piperidine rings is 1. The van der Waals surface area contributed by atoms with Gasteiger partial charge in [0.05, 0.1) is 6.04 Å². The van der Waals surface area contributed by atoms with Crippen LogP contribution in [0.5, 0.6) is 0 Å². The van der Waals surface area contributed by atoms with Gasteiger partial charge >= 0.3 is 0 Å². The first kappa shape index (κ1) is 13.4. The molecule has 1 amide bonds. The Kier molecular flexibility index (Phi) is 3.93. The lowest BCUT2D eigenvalue weighted by molar-refractivity contribution is -0.121. The lowest BCUT2D eigenvalue weighted by Gasteiger charge is -2.38. The Bertz CT molecular complexity index is 428. The zero-order chi connectivity index (χ0) is 13.2. The first-order valence-corrected chi connectivity index (χ1v) is 6.67. The van der Waals surface area contributed by atoms with Crippen LogP contribution in [0.2, 0.25) is 5.02 Å². The molecule has 4 heteroatoms. The fourth-order valence-electron chi connectivity index (χ4n) is 2.41. The minimum absolute atomic E-state index is 0.00520. The molecular formula is C14H19ClN2O. The molecular weight excluding hydrogens is 248 g/mol. The van der Waals surface area contributed by atoms with E-state index >= 15 is 0 Å². The van der Waals surface area contributed by atoms with E-state index in [1.165, 1.54) is 0 Å². The smallest absolute Gasteiger partial charge is 0.242 e. The van der Waals surface area contributed by atoms with E-state index in [9.17, 15) is 4.79 Å². The van der Waals surface area contributed by atoms with Crippen molar-refractivity contribution >= 4 is 23.2 Å². The molecule has 1 fully saturated rings. The van der Waals surface area contributed by atoms with Crippen molar-refractivity contribution < 1.29 is 4.79 Å². The highest BCUT2D eigenvalue weighted by molar-refractivity contribution is 6.30. The Balaban J connectivity index is 2.05. The molecule has 3 nitrogen and oxygen atoms in total. The van der Waals surface area contributed by atoms with Crippen molar-refractivity contribution in [3.8, 4) is 0 Å². The van der Waals surface area contributed by atoms with Gasteiger partial charge in [0, 0.05) is 10.7 Å². The third kappa shape index (κ3) is 3.03. The van der Waals surface area contributed by atoms with Crippen LogP contribution < -0.4 is 10.6 Å². The molecule has 1 heterocycles. The van der Waals surface area contributed by atoms with Gasteiger partial charge in [0.25, 0.3) is 0 Å². The average Bonchev–Trinajstić information content (AvgIpc) is 2.31. The third-order valence-corrected chi connectivity index (χ3v) is 3.75. The van der Waals surface area contributed by atoms with Crippen molar-refractivity contribution in [2.75, 3.05) is 11.9 Å². The normalized spacial score (nSPS) is 22.5. The second-order valence-electron chi connectivity index (χ2n) is 5.48. The van der Waals surface area contributed by atoms with Crippen LogP contribution in [0, 0.1) is 5.41 Å². The molecule has 0 radical (unpaired) electrons. The summed E-state index contributed by atoms with van der Waals surface area (Å²) in [5.74, 6) is 0.0297. The van der Waals surface area contributed by atoms with Crippen molar-refractivity contribution in [3.05, 3.63) is 29.3 Å². The first-order valence-electron chi connectivity index (χ1n) is 6.29. The van der Waals surface area contributed by atoms with Gasteiger partial charge in [-0.05, 0) is 49.1 Å². The van der Waals surface area contributed by atoms with Gasteiger partial charge in [0.1, 0.15) is 0 Å². The number of amides is 1. The fraction of sp³-hybridized carbons (Fsp3) is 0.500. The number of carbonyl (C=O) groups excluding carboxylic acids is 1. The standard InChI is InChI=1S/C14H19ClN2O/c1-14(2)8-3-9-16-12(14)13(18)17-11-6-4-10(15)5-7-11/h4-7,12,16H,3,8-9H2,1-2H3,(H,17,18). The third-order valence-electron chi connectivity index (χ3n) is 3.50. The van der Waals surface area contributed by atoms with Gasteiger partial charge in [-0.1, -0.05) is 25.4 Å². The van der Waals surface area contributed by atoms with Gasteiger partial charge in [0.2, 0.25) is 5.91 Å². The first-order chi connectivity index (χ1) is 8.49. The van der Waals surface area contributed by atoms with E-state index in [2.05, 4.69) is 24.5 Å². The maximum atomic E-state index is 12.3. The van der Waals surface area contributed by atoms with Crippen molar-refractivity contribution in [3.63, 3.8) is 0 Å². The van der Waals surface area contributed by atoms with E-state index in [-0.39, 0.29) is 17.4 Å². The summed E-state index contributed by atoms with van der Waals surface area (Å²) in [6, 6.07) is 7.04. The predicted molar refractivity (Wildman–Crippen MR) is 74.9 cm³/mol. The molecule has 98 valence electrons. The number of nitrogens with one attached hydrogen (secondary N) is 2. The van der Waals surface area contributed by atoms with Gasteiger partial charge in [-0.2, -0.15) is 0 Å². The number of benzene rings is 1. The molecule has 2 rings (SSSR count). The van der Waals surface area contributed by atoms with Crippen LogP contribution in [0.3, 0.4) is 0 Å². The largest absolute Gasteiger partial charge is 0.325 e. The monoisotopic (exact) mass is 266 g/mol. The molecule has 2 N–H and O–H groups in total. The van der Waals surface area contributed by atoms with Gasteiger partial charge in [0.15, 0.2) is 0 Å². The Labute approximate surface area is 113 Å². The van der Waals surface area contributed by atoms with Gasteiger partial charge in [-0.15, -0.1) is 0 Å². The number of halogens is 1. The number of hydrogen-bond donors (Lipinski definition) is 2. The summed E-state index contributed by atoms with van der Waals surface area (Å²) in [6.07, 6.45) is 2.19. The zero-order valence-electron chi connectivity index (χ0n) is 10.8. The Morgan fingerprint density at radius 2 is 2.06 bits per heavy atom. The molecule has 1 saturated heterocycles. The maximum absolute atomic E-state index is 12.3. The molecule has 0 aromatic heterocycles. The molecule has 0 bridgehead atoms. The van der Waals surface area contributed by atoms with Crippen LogP contribution in [0.4, 0.5) is 5.69 Å². The summed E-state index contributed by atoms with van der Waals surface area (Å²) in [5.41, 5.74) is 0.780. The molecule has 1 unspecified atom stereocenters. The molecule has 1 aromatic rings. The number of rotatable bonds is 2. The predicted octanol–water partition coefficient (Wildman–Crippen LogP) is 3.06. The van der Waals surface area contributed by atoms with E-state index < -0.39 is 0 Å². The SMILES string of the molecule is CC1(C)CCCNC1C(=O)Nc1ccc(Cl)cc1. The van der Waals surface area contributed by atoms with Gasteiger partial charge in [-0.3, -0.25) is 4.79 Å².